The van der Waals surface area contributed by atoms with Crippen molar-refractivity contribution in [3.8, 4) is 0 Å². The van der Waals surface area contributed by atoms with Gasteiger partial charge in [0.05, 0.1) is 0 Å². The van der Waals surface area contributed by atoms with Gasteiger partial charge >= 0.3 is 0 Å². The van der Waals surface area contributed by atoms with Crippen LogP contribution in [-0.2, 0) is 4.79 Å². The first-order valence-corrected chi connectivity index (χ1v) is 6.40. The fourth-order valence-electron chi connectivity index (χ4n) is 1.53. The number of carbonyl (C=O) groups is 1. The normalized spacial score (nSPS) is 12.4. The molecule has 1 heterocycles. The molecule has 1 atom stereocenters. The lowest BCUT2D eigenvalue weighted by molar-refractivity contribution is -0.116. The maximum Gasteiger partial charge on any atom is 0.226 e. The number of nitrogens with zero attached hydrogens (tertiary/aromatic N) is 2. The number of nitrogens with two attached hydrogens (primary N) is 1. The Morgan fingerprint density at radius 2 is 2.44 bits per heavy atom. The third kappa shape index (κ3) is 4.67. The molecule has 0 spiro atoms. The molecule has 1 aromatic heterocycles. The highest BCUT2D eigenvalue weighted by atomic mass is 32.1. The molecule has 0 aliphatic carbocycles. The molecule has 0 aromatic carbocycles. The molecule has 3 N–H and O–H groups in total. The molecular weight excluding hydrogens is 224 g/mol. The summed E-state index contributed by atoms with van der Waals surface area (Å²) in [5, 5.41) is 10.7. The molecule has 90 valence electrons. The van der Waals surface area contributed by atoms with Crippen LogP contribution in [0.15, 0.2) is 5.51 Å². The molecule has 1 unspecified atom stereocenters. The first kappa shape index (κ1) is 13.1. The summed E-state index contributed by atoms with van der Waals surface area (Å²) in [6, 6.07) is 0. The minimum Gasteiger partial charge on any atom is -0.330 e. The molecular formula is C10H18N4OS. The molecule has 0 aliphatic rings. The average molecular weight is 242 g/mol. The molecule has 1 amide bonds. The van der Waals surface area contributed by atoms with Gasteiger partial charge in [0.2, 0.25) is 11.0 Å². The molecule has 1 aromatic rings. The molecule has 0 saturated carbocycles. The van der Waals surface area contributed by atoms with Crippen LogP contribution in [0.25, 0.3) is 0 Å². The fourth-order valence-corrected chi connectivity index (χ4v) is 1.99. The summed E-state index contributed by atoms with van der Waals surface area (Å²) in [4.78, 5) is 11.5. The lowest BCUT2D eigenvalue weighted by atomic mass is 9.96. The minimum absolute atomic E-state index is 0.00669. The quantitative estimate of drug-likeness (QED) is 0.761. The summed E-state index contributed by atoms with van der Waals surface area (Å²) in [6.07, 6.45) is 3.47. The van der Waals surface area contributed by atoms with Crippen LogP contribution < -0.4 is 11.1 Å². The minimum atomic E-state index is 0.00669. The standard InChI is InChI=1S/C10H18N4OS/c1-2-8(5-6-11)3-4-9(15)13-10-14-12-7-16-10/h7-8H,2-6,11H2,1H3,(H,13,14,15). The number of amides is 1. The van der Waals surface area contributed by atoms with E-state index in [1.54, 1.807) is 5.51 Å². The van der Waals surface area contributed by atoms with Gasteiger partial charge in [-0.1, -0.05) is 24.7 Å². The van der Waals surface area contributed by atoms with Gasteiger partial charge in [-0.3, -0.25) is 4.79 Å². The van der Waals surface area contributed by atoms with Gasteiger partial charge in [0.15, 0.2) is 0 Å². The van der Waals surface area contributed by atoms with Crippen molar-refractivity contribution in [1.82, 2.24) is 10.2 Å². The summed E-state index contributed by atoms with van der Waals surface area (Å²) in [5.41, 5.74) is 7.10. The topological polar surface area (TPSA) is 80.9 Å². The summed E-state index contributed by atoms with van der Waals surface area (Å²) in [6.45, 7) is 2.82. The Kier molecular flexibility index (Phi) is 5.95. The van der Waals surface area contributed by atoms with Crippen LogP contribution in [-0.4, -0.2) is 22.6 Å². The largest absolute Gasteiger partial charge is 0.330 e. The second-order valence-corrected chi connectivity index (χ2v) is 4.52. The second-order valence-electron chi connectivity index (χ2n) is 3.68. The van der Waals surface area contributed by atoms with Gasteiger partial charge in [0.25, 0.3) is 0 Å². The zero-order chi connectivity index (χ0) is 11.8. The van der Waals surface area contributed by atoms with E-state index >= 15 is 0 Å². The Morgan fingerprint density at radius 3 is 3.00 bits per heavy atom. The Balaban J connectivity index is 2.24. The van der Waals surface area contributed by atoms with E-state index < -0.39 is 0 Å². The Labute approximate surface area is 99.5 Å². The second kappa shape index (κ2) is 7.29. The number of rotatable bonds is 7. The molecule has 0 fully saturated rings. The predicted molar refractivity (Wildman–Crippen MR) is 65.2 cm³/mol. The van der Waals surface area contributed by atoms with E-state index in [4.69, 9.17) is 5.73 Å². The van der Waals surface area contributed by atoms with Crippen LogP contribution in [0.4, 0.5) is 5.13 Å². The first-order chi connectivity index (χ1) is 7.76. The molecule has 0 saturated heterocycles. The number of hydrogen-bond donors (Lipinski definition) is 2. The molecule has 0 aliphatic heterocycles. The maximum atomic E-state index is 11.5. The monoisotopic (exact) mass is 242 g/mol. The molecule has 0 radical (unpaired) electrons. The zero-order valence-electron chi connectivity index (χ0n) is 9.48. The SMILES string of the molecule is CCC(CCN)CCC(=O)Nc1nncs1. The van der Waals surface area contributed by atoms with Crippen LogP contribution in [0.3, 0.4) is 0 Å². The zero-order valence-corrected chi connectivity index (χ0v) is 10.3. The molecule has 5 nitrogen and oxygen atoms in total. The third-order valence-corrected chi connectivity index (χ3v) is 3.14. The molecule has 0 bridgehead atoms. The van der Waals surface area contributed by atoms with Gasteiger partial charge in [-0.15, -0.1) is 10.2 Å². The van der Waals surface area contributed by atoms with Crippen LogP contribution in [0, 0.1) is 5.92 Å². The smallest absolute Gasteiger partial charge is 0.226 e. The van der Waals surface area contributed by atoms with Crippen molar-refractivity contribution in [2.75, 3.05) is 11.9 Å². The summed E-state index contributed by atoms with van der Waals surface area (Å²) in [7, 11) is 0. The van der Waals surface area contributed by atoms with Crippen LogP contribution in [0.2, 0.25) is 0 Å². The lowest BCUT2D eigenvalue weighted by Crippen LogP contribution is -2.15. The van der Waals surface area contributed by atoms with E-state index in [9.17, 15) is 4.79 Å². The van der Waals surface area contributed by atoms with Crippen molar-refractivity contribution in [3.05, 3.63) is 5.51 Å². The molecule has 1 rings (SSSR count). The lowest BCUT2D eigenvalue weighted by Gasteiger charge is -2.12. The van der Waals surface area contributed by atoms with Gasteiger partial charge in [-0.2, -0.15) is 0 Å². The van der Waals surface area contributed by atoms with Crippen molar-refractivity contribution in [2.24, 2.45) is 11.7 Å². The highest BCUT2D eigenvalue weighted by Gasteiger charge is 2.09. The number of anilines is 1. The van der Waals surface area contributed by atoms with Crippen molar-refractivity contribution < 1.29 is 4.79 Å². The number of carbonyl (C=O) groups excluding carboxylic acids is 1. The maximum absolute atomic E-state index is 11.5. The van der Waals surface area contributed by atoms with Gasteiger partial charge in [-0.05, 0) is 25.3 Å². The molecule has 6 heteroatoms. The summed E-state index contributed by atoms with van der Waals surface area (Å²) in [5.74, 6) is 0.553. The van der Waals surface area contributed by atoms with Gasteiger partial charge in [0, 0.05) is 6.42 Å². The van der Waals surface area contributed by atoms with E-state index in [1.807, 2.05) is 0 Å². The van der Waals surface area contributed by atoms with E-state index in [1.165, 1.54) is 11.3 Å². The molecule has 16 heavy (non-hydrogen) atoms. The average Bonchev–Trinajstić information content (AvgIpc) is 2.76. The summed E-state index contributed by atoms with van der Waals surface area (Å²) < 4.78 is 0. The van der Waals surface area contributed by atoms with Crippen molar-refractivity contribution in [3.63, 3.8) is 0 Å². The van der Waals surface area contributed by atoms with Crippen LogP contribution in [0.1, 0.15) is 32.6 Å². The van der Waals surface area contributed by atoms with E-state index in [2.05, 4.69) is 22.4 Å². The van der Waals surface area contributed by atoms with Gasteiger partial charge < -0.3 is 11.1 Å². The first-order valence-electron chi connectivity index (χ1n) is 5.52. The Morgan fingerprint density at radius 1 is 1.62 bits per heavy atom. The van der Waals surface area contributed by atoms with Crippen molar-refractivity contribution >= 4 is 22.4 Å². The number of aromatic nitrogens is 2. The van der Waals surface area contributed by atoms with Crippen molar-refractivity contribution in [1.29, 1.82) is 0 Å². The van der Waals surface area contributed by atoms with Crippen molar-refractivity contribution in [2.45, 2.75) is 32.6 Å². The van der Waals surface area contributed by atoms with Crippen LogP contribution in [0.5, 0.6) is 0 Å². The van der Waals surface area contributed by atoms with E-state index in [0.717, 1.165) is 19.3 Å². The highest BCUT2D eigenvalue weighted by Crippen LogP contribution is 2.15. The number of hydrogen-bond acceptors (Lipinski definition) is 5. The Bertz CT molecular complexity index is 302. The van der Waals surface area contributed by atoms with Gasteiger partial charge in [0.1, 0.15) is 5.51 Å². The Hall–Kier alpha value is -1.01. The highest BCUT2D eigenvalue weighted by molar-refractivity contribution is 7.13. The van der Waals surface area contributed by atoms with Gasteiger partial charge in [-0.25, -0.2) is 0 Å². The fraction of sp³-hybridized carbons (Fsp3) is 0.700. The van der Waals surface area contributed by atoms with E-state index in [-0.39, 0.29) is 5.91 Å². The van der Waals surface area contributed by atoms with Crippen LogP contribution >= 0.6 is 11.3 Å². The van der Waals surface area contributed by atoms with E-state index in [0.29, 0.717) is 24.0 Å². The third-order valence-electron chi connectivity index (χ3n) is 2.54. The predicted octanol–water partition coefficient (Wildman–Crippen LogP) is 1.63. The number of nitrogens with one attached hydrogen (secondary N) is 1. The summed E-state index contributed by atoms with van der Waals surface area (Å²) >= 11 is 1.33.